The first-order chi connectivity index (χ1) is 9.93. The minimum atomic E-state index is -0.450. The van der Waals surface area contributed by atoms with Gasteiger partial charge in [0.1, 0.15) is 0 Å². The summed E-state index contributed by atoms with van der Waals surface area (Å²) in [5.41, 5.74) is 7.91. The Labute approximate surface area is 129 Å². The molecule has 0 aromatic carbocycles. The van der Waals surface area contributed by atoms with Crippen LogP contribution in [0.15, 0.2) is 33.8 Å². The number of hydrogen-bond acceptors (Lipinski definition) is 5. The fraction of sp³-hybridized carbons (Fsp3) is 0.214. The van der Waals surface area contributed by atoms with E-state index in [1.807, 2.05) is 0 Å². The molecule has 0 aliphatic carbocycles. The fourth-order valence-corrected chi connectivity index (χ4v) is 2.24. The summed E-state index contributed by atoms with van der Waals surface area (Å²) in [7, 11) is 1.31. The minimum absolute atomic E-state index is 0.180. The number of nitrogen functional groups attached to an aromatic ring is 1. The van der Waals surface area contributed by atoms with E-state index in [0.29, 0.717) is 27.0 Å². The largest absolute Gasteiger partial charge is 0.465 e. The van der Waals surface area contributed by atoms with Crippen molar-refractivity contribution in [2.45, 2.75) is 13.5 Å². The standard InChI is InChI=1S/C14H14BrN3O3/c1-8-11(16)7-18(13(19)12(8)15)6-10-4-3-9(5-17-10)14(20)21-2/h3-5,7H,6,16H2,1-2H3. The van der Waals surface area contributed by atoms with Crippen molar-refractivity contribution < 1.29 is 9.53 Å². The van der Waals surface area contributed by atoms with Gasteiger partial charge >= 0.3 is 5.97 Å². The average molecular weight is 352 g/mol. The molecule has 0 bridgehead atoms. The monoisotopic (exact) mass is 351 g/mol. The molecule has 0 unspecified atom stereocenters. The Kier molecular flexibility index (Phi) is 4.42. The maximum Gasteiger partial charge on any atom is 0.339 e. The number of carbonyl (C=O) groups excluding carboxylic acids is 1. The molecule has 2 heterocycles. The molecule has 0 aliphatic heterocycles. The molecular formula is C14H14BrN3O3. The van der Waals surface area contributed by atoms with Gasteiger partial charge in [0.2, 0.25) is 0 Å². The lowest BCUT2D eigenvalue weighted by atomic mass is 10.2. The van der Waals surface area contributed by atoms with Gasteiger partial charge in [-0.05, 0) is 40.5 Å². The average Bonchev–Trinajstić information content (AvgIpc) is 2.50. The summed E-state index contributed by atoms with van der Waals surface area (Å²) in [6.45, 7) is 2.04. The second kappa shape index (κ2) is 6.09. The van der Waals surface area contributed by atoms with Crippen LogP contribution >= 0.6 is 15.9 Å². The van der Waals surface area contributed by atoms with Crippen LogP contribution < -0.4 is 11.3 Å². The van der Waals surface area contributed by atoms with Crippen molar-refractivity contribution in [1.82, 2.24) is 9.55 Å². The van der Waals surface area contributed by atoms with Gasteiger partial charge in [0.15, 0.2) is 0 Å². The van der Waals surface area contributed by atoms with Crippen LogP contribution in [-0.2, 0) is 11.3 Å². The number of rotatable bonds is 3. The van der Waals surface area contributed by atoms with Crippen LogP contribution in [0.2, 0.25) is 0 Å². The van der Waals surface area contributed by atoms with Crippen LogP contribution in [0.4, 0.5) is 5.69 Å². The summed E-state index contributed by atoms with van der Waals surface area (Å²) in [4.78, 5) is 27.6. The van der Waals surface area contributed by atoms with Gasteiger partial charge in [-0.2, -0.15) is 0 Å². The lowest BCUT2D eigenvalue weighted by Gasteiger charge is -2.10. The summed E-state index contributed by atoms with van der Waals surface area (Å²) in [5, 5.41) is 0. The third-order valence-corrected chi connectivity index (χ3v) is 4.02. The SMILES string of the molecule is COC(=O)c1ccc(Cn2cc(N)c(C)c(Br)c2=O)nc1. The Morgan fingerprint density at radius 2 is 2.19 bits per heavy atom. The second-order valence-corrected chi connectivity index (χ2v) is 5.28. The van der Waals surface area contributed by atoms with Crippen molar-refractivity contribution >= 4 is 27.6 Å². The summed E-state index contributed by atoms with van der Waals surface area (Å²) in [5.74, 6) is -0.450. The van der Waals surface area contributed by atoms with Crippen molar-refractivity contribution in [2.75, 3.05) is 12.8 Å². The number of ether oxygens (including phenoxy) is 1. The normalized spacial score (nSPS) is 10.4. The quantitative estimate of drug-likeness (QED) is 0.850. The van der Waals surface area contributed by atoms with Gasteiger partial charge < -0.3 is 15.0 Å². The number of halogens is 1. The molecule has 0 amide bonds. The molecule has 2 aromatic heterocycles. The molecule has 110 valence electrons. The van der Waals surface area contributed by atoms with Crippen LogP contribution in [0, 0.1) is 6.92 Å². The summed E-state index contributed by atoms with van der Waals surface area (Å²) < 4.78 is 6.50. The molecule has 2 N–H and O–H groups in total. The molecule has 0 aliphatic rings. The smallest absolute Gasteiger partial charge is 0.339 e. The van der Waals surface area contributed by atoms with Gasteiger partial charge in [-0.1, -0.05) is 0 Å². The zero-order valence-corrected chi connectivity index (χ0v) is 13.2. The summed E-state index contributed by atoms with van der Waals surface area (Å²) >= 11 is 3.24. The molecule has 0 atom stereocenters. The number of carbonyl (C=O) groups is 1. The topological polar surface area (TPSA) is 87.2 Å². The minimum Gasteiger partial charge on any atom is -0.465 e. The first-order valence-electron chi connectivity index (χ1n) is 6.12. The Morgan fingerprint density at radius 1 is 1.48 bits per heavy atom. The van der Waals surface area contributed by atoms with E-state index in [9.17, 15) is 9.59 Å². The Hall–Kier alpha value is -2.15. The predicted octanol–water partition coefficient (Wildman–Crippen LogP) is 1.73. The van der Waals surface area contributed by atoms with Gasteiger partial charge in [0.05, 0.1) is 35.1 Å². The Balaban J connectivity index is 2.31. The first-order valence-corrected chi connectivity index (χ1v) is 6.91. The molecule has 0 fully saturated rings. The predicted molar refractivity (Wildman–Crippen MR) is 82.2 cm³/mol. The molecule has 2 rings (SSSR count). The van der Waals surface area contributed by atoms with E-state index in [0.717, 1.165) is 0 Å². The highest BCUT2D eigenvalue weighted by Gasteiger charge is 2.10. The number of pyridine rings is 2. The highest BCUT2D eigenvalue weighted by molar-refractivity contribution is 9.10. The molecular weight excluding hydrogens is 338 g/mol. The number of nitrogens with two attached hydrogens (primary N) is 1. The van der Waals surface area contributed by atoms with E-state index in [-0.39, 0.29) is 12.1 Å². The maximum atomic E-state index is 12.1. The molecule has 21 heavy (non-hydrogen) atoms. The number of aromatic nitrogens is 2. The van der Waals surface area contributed by atoms with Crippen molar-refractivity contribution in [1.29, 1.82) is 0 Å². The highest BCUT2D eigenvalue weighted by Crippen LogP contribution is 2.17. The van der Waals surface area contributed by atoms with Gasteiger partial charge in [-0.25, -0.2) is 4.79 Å². The van der Waals surface area contributed by atoms with E-state index >= 15 is 0 Å². The lowest BCUT2D eigenvalue weighted by Crippen LogP contribution is -2.23. The molecule has 0 saturated carbocycles. The number of hydrogen-bond donors (Lipinski definition) is 1. The zero-order chi connectivity index (χ0) is 15.6. The van der Waals surface area contributed by atoms with Crippen molar-refractivity contribution in [2.24, 2.45) is 0 Å². The van der Waals surface area contributed by atoms with E-state index in [2.05, 4.69) is 25.7 Å². The van der Waals surface area contributed by atoms with Crippen molar-refractivity contribution in [3.63, 3.8) is 0 Å². The Morgan fingerprint density at radius 3 is 2.76 bits per heavy atom. The molecule has 6 nitrogen and oxygen atoms in total. The summed E-state index contributed by atoms with van der Waals surface area (Å²) in [6, 6.07) is 3.27. The second-order valence-electron chi connectivity index (χ2n) is 4.49. The fourth-order valence-electron chi connectivity index (χ4n) is 1.79. The molecule has 0 spiro atoms. The first kappa shape index (κ1) is 15.2. The summed E-state index contributed by atoms with van der Waals surface area (Å²) in [6.07, 6.45) is 3.00. The lowest BCUT2D eigenvalue weighted by molar-refractivity contribution is 0.0600. The van der Waals surface area contributed by atoms with E-state index < -0.39 is 5.97 Å². The maximum absolute atomic E-state index is 12.1. The van der Waals surface area contributed by atoms with Crippen LogP contribution in [0.5, 0.6) is 0 Å². The Bertz CT molecular complexity index is 738. The molecule has 7 heteroatoms. The third kappa shape index (κ3) is 3.13. The number of anilines is 1. The van der Waals surface area contributed by atoms with E-state index in [1.165, 1.54) is 17.9 Å². The van der Waals surface area contributed by atoms with E-state index in [1.54, 1.807) is 25.3 Å². The number of nitrogens with zero attached hydrogens (tertiary/aromatic N) is 2. The highest BCUT2D eigenvalue weighted by atomic mass is 79.9. The van der Waals surface area contributed by atoms with Crippen LogP contribution in [0.3, 0.4) is 0 Å². The van der Waals surface area contributed by atoms with Crippen molar-refractivity contribution in [3.8, 4) is 0 Å². The van der Waals surface area contributed by atoms with Gasteiger partial charge in [-0.15, -0.1) is 0 Å². The van der Waals surface area contributed by atoms with Crippen LogP contribution in [-0.4, -0.2) is 22.6 Å². The van der Waals surface area contributed by atoms with Crippen LogP contribution in [0.1, 0.15) is 21.6 Å². The third-order valence-electron chi connectivity index (χ3n) is 3.08. The van der Waals surface area contributed by atoms with Crippen molar-refractivity contribution in [3.05, 3.63) is 56.2 Å². The number of methoxy groups -OCH3 is 1. The van der Waals surface area contributed by atoms with Crippen LogP contribution in [0.25, 0.3) is 0 Å². The van der Waals surface area contributed by atoms with Gasteiger partial charge in [-0.3, -0.25) is 9.78 Å². The van der Waals surface area contributed by atoms with Gasteiger partial charge in [0.25, 0.3) is 5.56 Å². The molecule has 0 saturated heterocycles. The number of esters is 1. The van der Waals surface area contributed by atoms with E-state index in [4.69, 9.17) is 5.73 Å². The zero-order valence-electron chi connectivity index (χ0n) is 11.6. The molecule has 0 radical (unpaired) electrons. The van der Waals surface area contributed by atoms with Gasteiger partial charge in [0, 0.05) is 12.4 Å². The molecule has 2 aromatic rings.